The second-order valence-corrected chi connectivity index (χ2v) is 9.85. The fraction of sp³-hybridized carbons (Fsp3) is 0.129. The predicted molar refractivity (Wildman–Crippen MR) is 154 cm³/mol. The van der Waals surface area contributed by atoms with Crippen LogP contribution in [0.15, 0.2) is 105 Å². The summed E-state index contributed by atoms with van der Waals surface area (Å²) in [7, 11) is 0. The predicted octanol–water partition coefficient (Wildman–Crippen LogP) is 5.92. The third-order valence-corrected chi connectivity index (χ3v) is 7.22. The van der Waals surface area contributed by atoms with Crippen molar-refractivity contribution in [2.75, 3.05) is 36.4 Å². The van der Waals surface area contributed by atoms with Crippen LogP contribution < -0.4 is 15.8 Å². The highest BCUT2D eigenvalue weighted by molar-refractivity contribution is 6.33. The van der Waals surface area contributed by atoms with E-state index in [1.807, 2.05) is 18.2 Å². The minimum atomic E-state index is -0.468. The Morgan fingerprint density at radius 2 is 1.68 bits per heavy atom. The average molecular weight is 554 g/mol. The van der Waals surface area contributed by atoms with Crippen LogP contribution in [-0.4, -0.2) is 42.9 Å². The number of nitrogens with one attached hydrogen (secondary N) is 1. The van der Waals surface area contributed by atoms with Crippen molar-refractivity contribution in [3.63, 3.8) is 0 Å². The number of anilines is 2. The third-order valence-electron chi connectivity index (χ3n) is 6.92. The smallest absolute Gasteiger partial charge is 0.344 e. The number of furan rings is 1. The van der Waals surface area contributed by atoms with E-state index in [0.29, 0.717) is 64.9 Å². The van der Waals surface area contributed by atoms with Crippen molar-refractivity contribution in [2.24, 2.45) is 0 Å². The van der Waals surface area contributed by atoms with E-state index < -0.39 is 5.63 Å². The average Bonchev–Trinajstić information content (AvgIpc) is 3.52. The highest BCUT2D eigenvalue weighted by Gasteiger charge is 2.25. The summed E-state index contributed by atoms with van der Waals surface area (Å²) < 4.78 is 10.7. The normalized spacial score (nSPS) is 13.4. The number of fused-ring (bicyclic) bond motifs is 1. The molecule has 3 heterocycles. The molecule has 0 unspecified atom stereocenters. The topological polar surface area (TPSA) is 96.0 Å². The summed E-state index contributed by atoms with van der Waals surface area (Å²) in [5.41, 5.74) is 2.77. The van der Waals surface area contributed by atoms with Crippen LogP contribution in [0.4, 0.5) is 11.4 Å². The van der Waals surface area contributed by atoms with Crippen LogP contribution in [-0.2, 0) is 0 Å². The Kier molecular flexibility index (Phi) is 6.84. The molecule has 1 fully saturated rings. The van der Waals surface area contributed by atoms with Gasteiger partial charge in [0.1, 0.15) is 5.58 Å². The molecular formula is C31H24ClN3O5. The number of hydrogen-bond acceptors (Lipinski definition) is 6. The van der Waals surface area contributed by atoms with E-state index >= 15 is 0 Å². The lowest BCUT2D eigenvalue weighted by Gasteiger charge is -2.36. The van der Waals surface area contributed by atoms with Gasteiger partial charge in [0, 0.05) is 42.8 Å². The minimum absolute atomic E-state index is 0.126. The molecule has 0 spiro atoms. The first-order chi connectivity index (χ1) is 19.5. The Morgan fingerprint density at radius 3 is 2.45 bits per heavy atom. The number of hydrogen-bond donors (Lipinski definition) is 1. The number of para-hydroxylation sites is 1. The first-order valence-electron chi connectivity index (χ1n) is 12.8. The van der Waals surface area contributed by atoms with Crippen molar-refractivity contribution < 1.29 is 18.4 Å². The third kappa shape index (κ3) is 5.09. The lowest BCUT2D eigenvalue weighted by atomic mass is 10.0. The van der Waals surface area contributed by atoms with E-state index in [2.05, 4.69) is 10.2 Å². The Hall–Kier alpha value is -4.82. The molecule has 0 aliphatic carbocycles. The molecule has 40 heavy (non-hydrogen) atoms. The Bertz CT molecular complexity index is 1770. The fourth-order valence-corrected chi connectivity index (χ4v) is 5.14. The number of benzene rings is 3. The summed E-state index contributed by atoms with van der Waals surface area (Å²) in [5.74, 6) is -0.127. The van der Waals surface area contributed by atoms with Crippen LogP contribution in [0, 0.1) is 0 Å². The second kappa shape index (κ2) is 10.7. The van der Waals surface area contributed by atoms with Crippen molar-refractivity contribution in [1.29, 1.82) is 0 Å². The number of nitrogens with zero attached hydrogens (tertiary/aromatic N) is 2. The molecule has 0 atom stereocenters. The van der Waals surface area contributed by atoms with Gasteiger partial charge in [-0.15, -0.1) is 0 Å². The van der Waals surface area contributed by atoms with Crippen LogP contribution in [0.3, 0.4) is 0 Å². The fourth-order valence-electron chi connectivity index (χ4n) is 4.84. The van der Waals surface area contributed by atoms with Crippen molar-refractivity contribution in [2.45, 2.75) is 0 Å². The summed E-state index contributed by atoms with van der Waals surface area (Å²) in [5, 5.41) is 4.17. The zero-order valence-corrected chi connectivity index (χ0v) is 22.1. The molecule has 1 aliphatic rings. The molecule has 2 aromatic heterocycles. The Labute approximate surface area is 234 Å². The largest absolute Gasteiger partial charge is 0.459 e. The van der Waals surface area contributed by atoms with Gasteiger partial charge in [-0.2, -0.15) is 0 Å². The standard InChI is InChI=1S/C31H24ClN3O5/c32-25-19-23(10-11-26(25)34-12-14-35(15-13-34)30(37)28-9-4-16-39-28)33-29(36)22-7-3-6-20(17-22)24-18-21-5-1-2-8-27(21)40-31(24)38/h1-11,16-19H,12-15H2,(H,33,36). The number of amides is 2. The van der Waals surface area contributed by atoms with Gasteiger partial charge in [0.2, 0.25) is 0 Å². The van der Waals surface area contributed by atoms with Crippen LogP contribution in [0.5, 0.6) is 0 Å². The summed E-state index contributed by atoms with van der Waals surface area (Å²) in [6.45, 7) is 2.32. The van der Waals surface area contributed by atoms with Gasteiger partial charge in [0.15, 0.2) is 5.76 Å². The van der Waals surface area contributed by atoms with Crippen LogP contribution in [0.25, 0.3) is 22.1 Å². The summed E-state index contributed by atoms with van der Waals surface area (Å²) in [6, 6.07) is 24.6. The molecule has 1 saturated heterocycles. The van der Waals surface area contributed by atoms with Crippen molar-refractivity contribution in [3.8, 4) is 11.1 Å². The number of rotatable bonds is 5. The lowest BCUT2D eigenvalue weighted by Crippen LogP contribution is -2.48. The monoisotopic (exact) mass is 553 g/mol. The highest BCUT2D eigenvalue weighted by atomic mass is 35.5. The first kappa shape index (κ1) is 25.5. The van der Waals surface area contributed by atoms with Gasteiger partial charge < -0.3 is 24.0 Å². The zero-order valence-electron chi connectivity index (χ0n) is 21.3. The quantitative estimate of drug-likeness (QED) is 0.271. The maximum atomic E-state index is 13.1. The Balaban J connectivity index is 1.14. The minimum Gasteiger partial charge on any atom is -0.459 e. The van der Waals surface area contributed by atoms with Gasteiger partial charge in [-0.3, -0.25) is 9.59 Å². The highest BCUT2D eigenvalue weighted by Crippen LogP contribution is 2.30. The molecule has 200 valence electrons. The first-order valence-corrected chi connectivity index (χ1v) is 13.2. The molecule has 5 aromatic rings. The molecule has 0 bridgehead atoms. The molecule has 1 aliphatic heterocycles. The maximum Gasteiger partial charge on any atom is 0.344 e. The van der Waals surface area contributed by atoms with E-state index in [-0.39, 0.29) is 11.8 Å². The molecule has 1 N–H and O–H groups in total. The van der Waals surface area contributed by atoms with E-state index in [4.69, 9.17) is 20.4 Å². The second-order valence-electron chi connectivity index (χ2n) is 9.44. The zero-order chi connectivity index (χ0) is 27.6. The van der Waals surface area contributed by atoms with Gasteiger partial charge in [-0.25, -0.2) is 4.79 Å². The van der Waals surface area contributed by atoms with Crippen LogP contribution >= 0.6 is 11.6 Å². The molecule has 8 nitrogen and oxygen atoms in total. The molecule has 6 rings (SSSR count). The summed E-state index contributed by atoms with van der Waals surface area (Å²) in [6.07, 6.45) is 1.49. The summed E-state index contributed by atoms with van der Waals surface area (Å²) >= 11 is 6.61. The van der Waals surface area contributed by atoms with Gasteiger partial charge in [-0.05, 0) is 60.2 Å². The van der Waals surface area contributed by atoms with Crippen molar-refractivity contribution in [3.05, 3.63) is 118 Å². The molecular weight excluding hydrogens is 530 g/mol. The number of piperazine rings is 1. The van der Waals surface area contributed by atoms with Gasteiger partial charge in [0.25, 0.3) is 11.8 Å². The molecule has 3 aromatic carbocycles. The van der Waals surface area contributed by atoms with Crippen molar-refractivity contribution in [1.82, 2.24) is 4.90 Å². The number of carbonyl (C=O) groups is 2. The maximum absolute atomic E-state index is 13.1. The SMILES string of the molecule is O=C(Nc1ccc(N2CCN(C(=O)c3ccco3)CC2)c(Cl)c1)c1cccc(-c2cc3ccccc3oc2=O)c1. The van der Waals surface area contributed by atoms with Crippen LogP contribution in [0.2, 0.25) is 5.02 Å². The molecule has 9 heteroatoms. The van der Waals surface area contributed by atoms with E-state index in [0.717, 1.165) is 11.1 Å². The van der Waals surface area contributed by atoms with E-state index in [1.165, 1.54) is 6.26 Å². The van der Waals surface area contributed by atoms with Gasteiger partial charge in [0.05, 0.1) is 22.5 Å². The van der Waals surface area contributed by atoms with E-state index in [9.17, 15) is 14.4 Å². The number of carbonyl (C=O) groups excluding carboxylic acids is 2. The molecule has 0 radical (unpaired) electrons. The molecule has 0 saturated carbocycles. The molecule has 2 amide bonds. The van der Waals surface area contributed by atoms with E-state index in [1.54, 1.807) is 71.6 Å². The Morgan fingerprint density at radius 1 is 0.850 bits per heavy atom. The summed E-state index contributed by atoms with van der Waals surface area (Å²) in [4.78, 5) is 42.1. The lowest BCUT2D eigenvalue weighted by molar-refractivity contribution is 0.0714. The van der Waals surface area contributed by atoms with Crippen LogP contribution in [0.1, 0.15) is 20.9 Å². The van der Waals surface area contributed by atoms with Gasteiger partial charge in [-0.1, -0.05) is 41.9 Å². The van der Waals surface area contributed by atoms with Gasteiger partial charge >= 0.3 is 5.63 Å². The van der Waals surface area contributed by atoms with Crippen molar-refractivity contribution >= 4 is 45.8 Å². The number of halogens is 1.